The summed E-state index contributed by atoms with van der Waals surface area (Å²) in [5.41, 5.74) is 0. The number of nitrogens with one attached hydrogen (secondary N) is 1. The normalized spacial score (nSPS) is 18.9. The lowest BCUT2D eigenvalue weighted by atomic mass is 9.98. The van der Waals surface area contributed by atoms with Crippen molar-refractivity contribution in [2.24, 2.45) is 0 Å². The second-order valence-electron chi connectivity index (χ2n) is 26.4. The van der Waals surface area contributed by atoms with Crippen LogP contribution in [0.5, 0.6) is 0 Å². The Kier molecular flexibility index (Phi) is 59.7. The Labute approximate surface area is 519 Å². The van der Waals surface area contributed by atoms with Gasteiger partial charge in [0.05, 0.1) is 25.4 Å². The molecule has 1 aliphatic rings. The Balaban J connectivity index is 2.11. The maximum absolute atomic E-state index is 13.3. The number of rotatable bonds is 66. The molecule has 0 bridgehead atoms. The summed E-state index contributed by atoms with van der Waals surface area (Å²) in [5.74, 6) is -0.689. The van der Waals surface area contributed by atoms with Crippen molar-refractivity contribution in [3.05, 3.63) is 12.2 Å². The van der Waals surface area contributed by atoms with Crippen molar-refractivity contribution in [2.75, 3.05) is 13.2 Å². The topological polar surface area (TPSA) is 189 Å². The highest BCUT2D eigenvalue weighted by atomic mass is 16.7. The SMILES string of the molecule is CCCCCCCCCCCCCCCCCCCC/C=C\CCCCCCCCCCCCCCCCCCC(O)C(=O)NC(COC1OC(CO)C(O)C(O)C1O)C(O)C(O)CCCCCCCCCCCCCCCCCCCCC. The van der Waals surface area contributed by atoms with E-state index in [2.05, 4.69) is 31.3 Å². The fraction of sp³-hybridized carbons (Fsp3) is 0.959. The highest BCUT2D eigenvalue weighted by Gasteiger charge is 2.44. The molecule has 1 rings (SSSR count). The summed E-state index contributed by atoms with van der Waals surface area (Å²) in [6.45, 7) is 3.52. The zero-order valence-corrected chi connectivity index (χ0v) is 55.4. The third-order valence-electron chi connectivity index (χ3n) is 18.3. The van der Waals surface area contributed by atoms with Gasteiger partial charge < -0.3 is 50.5 Å². The maximum Gasteiger partial charge on any atom is 0.249 e. The van der Waals surface area contributed by atoms with Gasteiger partial charge in [0.25, 0.3) is 0 Å². The third-order valence-corrected chi connectivity index (χ3v) is 18.3. The van der Waals surface area contributed by atoms with Crippen molar-refractivity contribution in [1.82, 2.24) is 5.32 Å². The van der Waals surface area contributed by atoms with Crippen molar-refractivity contribution in [3.8, 4) is 0 Å². The van der Waals surface area contributed by atoms with Crippen LogP contribution in [0.15, 0.2) is 12.2 Å². The van der Waals surface area contributed by atoms with Gasteiger partial charge in [0.15, 0.2) is 6.29 Å². The number of unbranched alkanes of at least 4 members (excludes halogenated alkanes) is 52. The molecular weight excluding hydrogens is 1050 g/mol. The van der Waals surface area contributed by atoms with Crippen LogP contribution < -0.4 is 5.32 Å². The quantitative estimate of drug-likeness (QED) is 0.0215. The third kappa shape index (κ3) is 48.7. The molecule has 11 heteroatoms. The molecule has 0 aliphatic carbocycles. The van der Waals surface area contributed by atoms with Crippen LogP contribution >= 0.6 is 0 Å². The van der Waals surface area contributed by atoms with Crippen molar-refractivity contribution in [2.45, 2.75) is 435 Å². The summed E-state index contributed by atoms with van der Waals surface area (Å²) in [5, 5.41) is 76.5. The fourth-order valence-corrected chi connectivity index (χ4v) is 12.4. The van der Waals surface area contributed by atoms with E-state index in [1.165, 1.54) is 302 Å². The molecule has 0 aromatic rings. The molecule has 9 unspecified atom stereocenters. The maximum atomic E-state index is 13.3. The van der Waals surface area contributed by atoms with E-state index in [-0.39, 0.29) is 6.42 Å². The van der Waals surface area contributed by atoms with Crippen LogP contribution in [0, 0.1) is 0 Å². The zero-order valence-electron chi connectivity index (χ0n) is 55.4. The van der Waals surface area contributed by atoms with Crippen LogP contribution in [-0.4, -0.2) is 110 Å². The number of carbonyl (C=O) groups is 1. The highest BCUT2D eigenvalue weighted by Crippen LogP contribution is 2.24. The van der Waals surface area contributed by atoms with Gasteiger partial charge in [0.1, 0.15) is 36.6 Å². The Morgan fingerprint density at radius 3 is 1.00 bits per heavy atom. The number of allylic oxidation sites excluding steroid dienone is 2. The second kappa shape index (κ2) is 62.1. The van der Waals surface area contributed by atoms with E-state index >= 15 is 0 Å². The number of carbonyl (C=O) groups excluding carboxylic acids is 1. The minimum atomic E-state index is -1.66. The zero-order chi connectivity index (χ0) is 61.0. The Morgan fingerprint density at radius 1 is 0.405 bits per heavy atom. The van der Waals surface area contributed by atoms with Gasteiger partial charge in [0, 0.05) is 0 Å². The van der Waals surface area contributed by atoms with Gasteiger partial charge in [-0.25, -0.2) is 0 Å². The van der Waals surface area contributed by atoms with Gasteiger partial charge in [-0.15, -0.1) is 0 Å². The van der Waals surface area contributed by atoms with Crippen LogP contribution in [0.3, 0.4) is 0 Å². The molecule has 1 amide bonds. The molecule has 1 heterocycles. The van der Waals surface area contributed by atoms with Crippen LogP contribution in [0.25, 0.3) is 0 Å². The van der Waals surface area contributed by atoms with Gasteiger partial charge in [-0.1, -0.05) is 353 Å². The Hall–Kier alpha value is -1.15. The lowest BCUT2D eigenvalue weighted by Crippen LogP contribution is -2.60. The molecule has 1 fully saturated rings. The molecule has 500 valence electrons. The number of aliphatic hydroxyl groups is 7. The first-order valence-electron chi connectivity index (χ1n) is 37.1. The van der Waals surface area contributed by atoms with Crippen molar-refractivity contribution >= 4 is 5.91 Å². The summed E-state index contributed by atoms with van der Waals surface area (Å²) in [7, 11) is 0. The van der Waals surface area contributed by atoms with E-state index in [4.69, 9.17) is 9.47 Å². The first-order chi connectivity index (χ1) is 41.2. The standard InChI is InChI=1S/C73H143NO10/c1-3-5-7-9-11-13-15-17-19-21-23-24-25-26-27-28-29-30-31-32-33-34-35-36-37-38-39-40-41-43-45-47-49-51-53-55-57-59-61-66(77)72(82)74-64(63-83-73-71(81)70(80)69(79)67(62-75)84-73)68(78)65(76)60-58-56-54-52-50-48-46-44-42-22-20-18-16-14-12-10-8-6-4-2/h32-33,64-71,73,75-81H,3-31,34-63H2,1-2H3,(H,74,82)/b33-32-. The molecule has 11 nitrogen and oxygen atoms in total. The largest absolute Gasteiger partial charge is 0.394 e. The van der Waals surface area contributed by atoms with Gasteiger partial charge in [-0.3, -0.25) is 4.79 Å². The molecule has 84 heavy (non-hydrogen) atoms. The second-order valence-corrected chi connectivity index (χ2v) is 26.4. The minimum Gasteiger partial charge on any atom is -0.394 e. The van der Waals surface area contributed by atoms with Crippen LogP contribution in [0.4, 0.5) is 0 Å². The average Bonchev–Trinajstić information content (AvgIpc) is 3.68. The van der Waals surface area contributed by atoms with Gasteiger partial charge in [0.2, 0.25) is 5.91 Å². The minimum absolute atomic E-state index is 0.265. The van der Waals surface area contributed by atoms with Crippen molar-refractivity contribution in [1.29, 1.82) is 0 Å². The van der Waals surface area contributed by atoms with Crippen molar-refractivity contribution < 1.29 is 50.0 Å². The number of amides is 1. The first kappa shape index (κ1) is 80.9. The molecule has 1 aliphatic heterocycles. The van der Waals surface area contributed by atoms with E-state index in [9.17, 15) is 40.5 Å². The van der Waals surface area contributed by atoms with Crippen LogP contribution in [0.2, 0.25) is 0 Å². The monoisotopic (exact) mass is 1190 g/mol. The predicted molar refractivity (Wildman–Crippen MR) is 353 cm³/mol. The molecule has 1 saturated heterocycles. The molecule has 0 radical (unpaired) electrons. The summed E-state index contributed by atoms with van der Waals surface area (Å²) >= 11 is 0. The number of ether oxygens (including phenoxy) is 2. The number of hydrogen-bond donors (Lipinski definition) is 8. The van der Waals surface area contributed by atoms with E-state index in [1.807, 2.05) is 0 Å². The lowest BCUT2D eigenvalue weighted by molar-refractivity contribution is -0.303. The van der Waals surface area contributed by atoms with E-state index in [0.29, 0.717) is 19.3 Å². The summed E-state index contributed by atoms with van der Waals surface area (Å²) < 4.78 is 11.2. The summed E-state index contributed by atoms with van der Waals surface area (Å²) in [6.07, 6.45) is 66.0. The van der Waals surface area contributed by atoms with Gasteiger partial charge >= 0.3 is 0 Å². The smallest absolute Gasteiger partial charge is 0.249 e. The molecule has 0 saturated carbocycles. The Bertz CT molecular complexity index is 1370. The number of hydrogen-bond acceptors (Lipinski definition) is 10. The van der Waals surface area contributed by atoms with Crippen molar-refractivity contribution in [3.63, 3.8) is 0 Å². The molecule has 0 aromatic heterocycles. The summed E-state index contributed by atoms with van der Waals surface area (Å²) in [6, 6.07) is -1.17. The van der Waals surface area contributed by atoms with Crippen LogP contribution in [0.1, 0.15) is 380 Å². The van der Waals surface area contributed by atoms with Gasteiger partial charge in [-0.2, -0.15) is 0 Å². The van der Waals surface area contributed by atoms with E-state index < -0.39 is 74.2 Å². The Morgan fingerprint density at radius 2 is 0.690 bits per heavy atom. The lowest BCUT2D eigenvalue weighted by Gasteiger charge is -2.40. The fourth-order valence-electron chi connectivity index (χ4n) is 12.4. The molecular formula is C73H143NO10. The summed E-state index contributed by atoms with van der Waals surface area (Å²) in [4.78, 5) is 13.3. The molecule has 9 atom stereocenters. The molecule has 8 N–H and O–H groups in total. The molecule has 0 aromatic carbocycles. The van der Waals surface area contributed by atoms with E-state index in [0.717, 1.165) is 38.5 Å². The first-order valence-corrected chi connectivity index (χ1v) is 37.1. The average molecular weight is 1190 g/mol. The van der Waals surface area contributed by atoms with E-state index in [1.54, 1.807) is 0 Å². The predicted octanol–water partition coefficient (Wildman–Crippen LogP) is 18.2. The highest BCUT2D eigenvalue weighted by molar-refractivity contribution is 5.80. The van der Waals surface area contributed by atoms with Gasteiger partial charge in [-0.05, 0) is 38.5 Å². The van der Waals surface area contributed by atoms with Crippen LogP contribution in [-0.2, 0) is 14.3 Å². The number of aliphatic hydroxyl groups excluding tert-OH is 7. The molecule has 0 spiro atoms.